The number of likely N-dealkylation sites (tertiary alicyclic amines) is 1. The van der Waals surface area contributed by atoms with Crippen molar-refractivity contribution in [1.82, 2.24) is 4.90 Å². The van der Waals surface area contributed by atoms with Crippen LogP contribution in [0.2, 0.25) is 0 Å². The number of benzene rings is 1. The van der Waals surface area contributed by atoms with Crippen molar-refractivity contribution in [1.29, 1.82) is 0 Å². The predicted molar refractivity (Wildman–Crippen MR) is 74.4 cm³/mol. The van der Waals surface area contributed by atoms with Gasteiger partial charge in [0.1, 0.15) is 0 Å². The highest BCUT2D eigenvalue weighted by molar-refractivity contribution is 5.88. The van der Waals surface area contributed by atoms with Gasteiger partial charge in [-0.1, -0.05) is 19.1 Å². The number of hydrogen-bond acceptors (Lipinski definition) is 2. The molecule has 98 valence electrons. The minimum atomic E-state index is -0.0207. The maximum Gasteiger partial charge on any atom is 0.221 e. The highest BCUT2D eigenvalue weighted by Gasteiger charge is 2.15. The summed E-state index contributed by atoms with van der Waals surface area (Å²) in [5, 5.41) is 2.79. The monoisotopic (exact) mass is 246 g/mol. The van der Waals surface area contributed by atoms with Crippen LogP contribution in [0.5, 0.6) is 0 Å². The Bertz CT molecular complexity index is 399. The van der Waals surface area contributed by atoms with Gasteiger partial charge in [-0.25, -0.2) is 0 Å². The third-order valence-electron chi connectivity index (χ3n) is 3.42. The third-order valence-corrected chi connectivity index (χ3v) is 3.42. The van der Waals surface area contributed by atoms with Crippen molar-refractivity contribution in [2.45, 2.75) is 33.2 Å². The molecule has 18 heavy (non-hydrogen) atoms. The van der Waals surface area contributed by atoms with Gasteiger partial charge in [0.2, 0.25) is 5.91 Å². The molecule has 1 heterocycles. The molecule has 0 aliphatic carbocycles. The summed E-state index contributed by atoms with van der Waals surface area (Å²) >= 11 is 0. The van der Waals surface area contributed by atoms with E-state index in [0.29, 0.717) is 0 Å². The molecule has 0 bridgehead atoms. The van der Waals surface area contributed by atoms with Crippen molar-refractivity contribution < 1.29 is 4.79 Å². The van der Waals surface area contributed by atoms with Crippen LogP contribution in [0.15, 0.2) is 24.3 Å². The molecule has 2 rings (SSSR count). The highest BCUT2D eigenvalue weighted by Crippen LogP contribution is 2.18. The molecule has 0 unspecified atom stereocenters. The van der Waals surface area contributed by atoms with Crippen molar-refractivity contribution in [3.8, 4) is 0 Å². The highest BCUT2D eigenvalue weighted by atomic mass is 16.1. The minimum Gasteiger partial charge on any atom is -0.326 e. The summed E-state index contributed by atoms with van der Waals surface area (Å²) in [6, 6.07) is 8.16. The van der Waals surface area contributed by atoms with Crippen LogP contribution in [0.25, 0.3) is 0 Å². The molecule has 1 aromatic rings. The number of nitrogens with one attached hydrogen (secondary N) is 1. The first-order chi connectivity index (χ1) is 8.63. The molecule has 1 fully saturated rings. The lowest BCUT2D eigenvalue weighted by atomic mass is 10.00. The Balaban J connectivity index is 1.91. The molecule has 1 aliphatic heterocycles. The number of hydrogen-bond donors (Lipinski definition) is 1. The quantitative estimate of drug-likeness (QED) is 0.889. The van der Waals surface area contributed by atoms with Crippen molar-refractivity contribution in [2.24, 2.45) is 5.92 Å². The molecule has 1 aromatic carbocycles. The van der Waals surface area contributed by atoms with E-state index in [9.17, 15) is 4.79 Å². The van der Waals surface area contributed by atoms with Crippen molar-refractivity contribution >= 4 is 11.6 Å². The van der Waals surface area contributed by atoms with Crippen LogP contribution < -0.4 is 5.32 Å². The van der Waals surface area contributed by atoms with E-state index in [1.165, 1.54) is 38.4 Å². The Kier molecular flexibility index (Phi) is 4.37. The fraction of sp³-hybridized carbons (Fsp3) is 0.533. The first-order valence-electron chi connectivity index (χ1n) is 6.72. The first-order valence-corrected chi connectivity index (χ1v) is 6.72. The Labute approximate surface area is 109 Å². The van der Waals surface area contributed by atoms with Crippen molar-refractivity contribution in [3.05, 3.63) is 29.8 Å². The van der Waals surface area contributed by atoms with Gasteiger partial charge in [0.05, 0.1) is 0 Å². The summed E-state index contributed by atoms with van der Waals surface area (Å²) in [4.78, 5) is 13.4. The van der Waals surface area contributed by atoms with E-state index < -0.39 is 0 Å². The van der Waals surface area contributed by atoms with Gasteiger partial charge < -0.3 is 5.32 Å². The summed E-state index contributed by atoms with van der Waals surface area (Å²) in [7, 11) is 0. The molecule has 1 amide bonds. The molecular formula is C15H22N2O. The molecular weight excluding hydrogens is 224 g/mol. The zero-order valence-corrected chi connectivity index (χ0v) is 11.3. The summed E-state index contributed by atoms with van der Waals surface area (Å²) < 4.78 is 0. The van der Waals surface area contributed by atoms with Crippen LogP contribution in [-0.2, 0) is 11.3 Å². The standard InChI is InChI=1S/C15H22N2O/c1-12-4-3-9-17(10-12)11-14-5-7-15(8-6-14)16-13(2)18/h5-8,12H,3-4,9-11H2,1-2H3,(H,16,18)/t12-/m0/s1. The van der Waals surface area contributed by atoms with E-state index in [-0.39, 0.29) is 5.91 Å². The number of anilines is 1. The second-order valence-corrected chi connectivity index (χ2v) is 5.36. The van der Waals surface area contributed by atoms with E-state index >= 15 is 0 Å². The van der Waals surface area contributed by atoms with Gasteiger partial charge in [-0.15, -0.1) is 0 Å². The smallest absolute Gasteiger partial charge is 0.221 e. The average Bonchev–Trinajstić information content (AvgIpc) is 2.31. The fourth-order valence-electron chi connectivity index (χ4n) is 2.59. The molecule has 0 radical (unpaired) electrons. The van der Waals surface area contributed by atoms with E-state index in [1.807, 2.05) is 12.1 Å². The Morgan fingerprint density at radius 3 is 2.72 bits per heavy atom. The number of rotatable bonds is 3. The molecule has 0 aromatic heterocycles. The number of carbonyl (C=O) groups excluding carboxylic acids is 1. The fourth-order valence-corrected chi connectivity index (χ4v) is 2.59. The normalized spacial score (nSPS) is 20.7. The second kappa shape index (κ2) is 6.01. The summed E-state index contributed by atoms with van der Waals surface area (Å²) in [5.74, 6) is 0.796. The van der Waals surface area contributed by atoms with Crippen LogP contribution in [0.1, 0.15) is 32.3 Å². The number of nitrogens with zero attached hydrogens (tertiary/aromatic N) is 1. The zero-order valence-electron chi connectivity index (χ0n) is 11.3. The van der Waals surface area contributed by atoms with Gasteiger partial charge in [-0.3, -0.25) is 9.69 Å². The molecule has 0 saturated carbocycles. The Morgan fingerprint density at radius 2 is 2.11 bits per heavy atom. The first kappa shape index (κ1) is 13.1. The van der Waals surface area contributed by atoms with E-state index in [1.54, 1.807) is 0 Å². The summed E-state index contributed by atoms with van der Waals surface area (Å²) in [6.07, 6.45) is 2.67. The van der Waals surface area contributed by atoms with Gasteiger partial charge in [0.15, 0.2) is 0 Å². The largest absolute Gasteiger partial charge is 0.326 e. The maximum atomic E-state index is 10.9. The third kappa shape index (κ3) is 3.84. The summed E-state index contributed by atoms with van der Waals surface area (Å²) in [6.45, 7) is 7.28. The van der Waals surface area contributed by atoms with Gasteiger partial charge in [-0.05, 0) is 43.0 Å². The van der Waals surface area contributed by atoms with E-state index in [0.717, 1.165) is 18.2 Å². The average molecular weight is 246 g/mol. The topological polar surface area (TPSA) is 32.3 Å². The maximum absolute atomic E-state index is 10.9. The lowest BCUT2D eigenvalue weighted by Crippen LogP contribution is -2.33. The number of carbonyl (C=O) groups is 1. The van der Waals surface area contributed by atoms with E-state index in [2.05, 4.69) is 29.3 Å². The Hall–Kier alpha value is -1.35. The van der Waals surface area contributed by atoms with Gasteiger partial charge in [0.25, 0.3) is 0 Å². The van der Waals surface area contributed by atoms with Gasteiger partial charge >= 0.3 is 0 Å². The molecule has 1 saturated heterocycles. The zero-order chi connectivity index (χ0) is 13.0. The molecule has 1 N–H and O–H groups in total. The van der Waals surface area contributed by atoms with Gasteiger partial charge in [0, 0.05) is 25.7 Å². The number of piperidine rings is 1. The Morgan fingerprint density at radius 1 is 1.39 bits per heavy atom. The lowest BCUT2D eigenvalue weighted by Gasteiger charge is -2.30. The predicted octanol–water partition coefficient (Wildman–Crippen LogP) is 2.88. The van der Waals surface area contributed by atoms with Crippen molar-refractivity contribution in [3.63, 3.8) is 0 Å². The minimum absolute atomic E-state index is 0.0207. The van der Waals surface area contributed by atoms with Crippen LogP contribution >= 0.6 is 0 Å². The van der Waals surface area contributed by atoms with Crippen molar-refractivity contribution in [2.75, 3.05) is 18.4 Å². The SMILES string of the molecule is CC(=O)Nc1ccc(CN2CCC[C@H](C)C2)cc1. The number of amides is 1. The summed E-state index contributed by atoms with van der Waals surface area (Å²) in [5.41, 5.74) is 2.19. The van der Waals surface area contributed by atoms with Crippen LogP contribution in [0.3, 0.4) is 0 Å². The lowest BCUT2D eigenvalue weighted by molar-refractivity contribution is -0.114. The van der Waals surface area contributed by atoms with E-state index in [4.69, 9.17) is 0 Å². The van der Waals surface area contributed by atoms with Crippen LogP contribution in [-0.4, -0.2) is 23.9 Å². The van der Waals surface area contributed by atoms with Crippen LogP contribution in [0.4, 0.5) is 5.69 Å². The van der Waals surface area contributed by atoms with Crippen LogP contribution in [0, 0.1) is 5.92 Å². The molecule has 1 atom stereocenters. The molecule has 1 aliphatic rings. The molecule has 3 nitrogen and oxygen atoms in total. The molecule has 3 heteroatoms. The second-order valence-electron chi connectivity index (χ2n) is 5.36. The van der Waals surface area contributed by atoms with Gasteiger partial charge in [-0.2, -0.15) is 0 Å². The molecule has 0 spiro atoms.